The molecule has 0 fully saturated rings. The highest BCUT2D eigenvalue weighted by atomic mass is 32.2. The number of benzene rings is 1. The second-order valence-electron chi connectivity index (χ2n) is 4.58. The Hall–Kier alpha value is -1.86. The summed E-state index contributed by atoms with van der Waals surface area (Å²) < 4.78 is 28.5. The van der Waals surface area contributed by atoms with Gasteiger partial charge in [0.05, 0.1) is 10.6 Å². The molecule has 108 valence electrons. The number of nitrogens with zero attached hydrogens (tertiary/aromatic N) is 2. The van der Waals surface area contributed by atoms with E-state index in [0.717, 1.165) is 17.7 Å². The first-order valence-corrected chi connectivity index (χ1v) is 7.73. The van der Waals surface area contributed by atoms with E-state index in [0.29, 0.717) is 12.4 Å². The van der Waals surface area contributed by atoms with Gasteiger partial charge in [0.2, 0.25) is 0 Å². The molecule has 6 nitrogen and oxygen atoms in total. The van der Waals surface area contributed by atoms with Gasteiger partial charge in [-0.3, -0.25) is 9.40 Å². The molecule has 1 aromatic carbocycles. The lowest BCUT2D eigenvalue weighted by molar-refractivity contribution is 0.600. The Labute approximate surface area is 118 Å². The summed E-state index contributed by atoms with van der Waals surface area (Å²) in [7, 11) is -1.91. The molecule has 0 spiro atoms. The molecule has 0 amide bonds. The molecule has 0 saturated carbocycles. The molecule has 7 heteroatoms. The zero-order valence-corrected chi connectivity index (χ0v) is 12.3. The van der Waals surface area contributed by atoms with Crippen molar-refractivity contribution < 1.29 is 8.42 Å². The molecule has 3 N–H and O–H groups in total. The van der Waals surface area contributed by atoms with E-state index < -0.39 is 10.0 Å². The van der Waals surface area contributed by atoms with Crippen molar-refractivity contribution in [1.82, 2.24) is 9.78 Å². The highest BCUT2D eigenvalue weighted by molar-refractivity contribution is 7.92. The Balaban J connectivity index is 2.24. The van der Waals surface area contributed by atoms with Gasteiger partial charge in [-0.05, 0) is 37.6 Å². The van der Waals surface area contributed by atoms with Crippen molar-refractivity contribution in [3.8, 4) is 0 Å². The second-order valence-corrected chi connectivity index (χ2v) is 6.27. The van der Waals surface area contributed by atoms with Crippen molar-refractivity contribution in [1.29, 1.82) is 0 Å². The van der Waals surface area contributed by atoms with Crippen molar-refractivity contribution in [2.45, 2.75) is 18.2 Å². The highest BCUT2D eigenvalue weighted by Crippen LogP contribution is 2.17. The Morgan fingerprint density at radius 1 is 1.30 bits per heavy atom. The number of sulfonamides is 1. The maximum atomic E-state index is 12.3. The lowest BCUT2D eigenvalue weighted by Crippen LogP contribution is -2.15. The van der Waals surface area contributed by atoms with Gasteiger partial charge in [-0.1, -0.05) is 12.1 Å². The standard InChI is InChI=1S/C13H18N4O2S/c1-10-9-13(17(2)15-10)16-20(18,19)12-5-3-11(4-6-12)7-8-14/h3-6,9,16H,7-8,14H2,1-2H3. The number of hydrogen-bond acceptors (Lipinski definition) is 4. The normalized spacial score (nSPS) is 11.6. The summed E-state index contributed by atoms with van der Waals surface area (Å²) in [6.45, 7) is 2.35. The zero-order valence-electron chi connectivity index (χ0n) is 11.5. The average Bonchev–Trinajstić information content (AvgIpc) is 2.68. The lowest BCUT2D eigenvalue weighted by atomic mass is 10.2. The summed E-state index contributed by atoms with van der Waals surface area (Å²) >= 11 is 0. The topological polar surface area (TPSA) is 90.0 Å². The summed E-state index contributed by atoms with van der Waals surface area (Å²) in [5, 5.41) is 4.10. The van der Waals surface area contributed by atoms with Crippen LogP contribution in [0.4, 0.5) is 5.82 Å². The molecule has 1 aromatic heterocycles. The van der Waals surface area contributed by atoms with Gasteiger partial charge in [-0.15, -0.1) is 0 Å². The number of hydrogen-bond donors (Lipinski definition) is 2. The molecule has 0 saturated heterocycles. The van der Waals surface area contributed by atoms with E-state index in [1.165, 1.54) is 4.68 Å². The van der Waals surface area contributed by atoms with E-state index in [4.69, 9.17) is 5.73 Å². The predicted octanol–water partition coefficient (Wildman–Crippen LogP) is 1.03. The highest BCUT2D eigenvalue weighted by Gasteiger charge is 2.16. The van der Waals surface area contributed by atoms with Crippen LogP contribution >= 0.6 is 0 Å². The molecule has 0 bridgehead atoms. The molecule has 0 aliphatic heterocycles. The van der Waals surface area contributed by atoms with E-state index in [-0.39, 0.29) is 4.90 Å². The minimum atomic E-state index is -3.60. The Bertz CT molecular complexity index is 690. The van der Waals surface area contributed by atoms with Crippen LogP contribution in [0.3, 0.4) is 0 Å². The minimum absolute atomic E-state index is 0.220. The third-order valence-corrected chi connectivity index (χ3v) is 4.28. The van der Waals surface area contributed by atoms with E-state index in [2.05, 4.69) is 9.82 Å². The third kappa shape index (κ3) is 3.17. The number of nitrogens with two attached hydrogens (primary N) is 1. The number of nitrogens with one attached hydrogen (secondary N) is 1. The fourth-order valence-electron chi connectivity index (χ4n) is 1.90. The van der Waals surface area contributed by atoms with Crippen LogP contribution in [0.25, 0.3) is 0 Å². The van der Waals surface area contributed by atoms with Crippen LogP contribution in [0.1, 0.15) is 11.3 Å². The maximum absolute atomic E-state index is 12.3. The molecular formula is C13H18N4O2S. The monoisotopic (exact) mass is 294 g/mol. The summed E-state index contributed by atoms with van der Waals surface area (Å²) in [6, 6.07) is 8.39. The molecule has 0 radical (unpaired) electrons. The van der Waals surface area contributed by atoms with Gasteiger partial charge in [0.25, 0.3) is 10.0 Å². The van der Waals surface area contributed by atoms with Crippen LogP contribution in [0.2, 0.25) is 0 Å². The molecular weight excluding hydrogens is 276 g/mol. The van der Waals surface area contributed by atoms with Crippen molar-refractivity contribution in [3.05, 3.63) is 41.6 Å². The van der Waals surface area contributed by atoms with Crippen LogP contribution < -0.4 is 10.5 Å². The summed E-state index contributed by atoms with van der Waals surface area (Å²) in [5.41, 5.74) is 7.23. The number of rotatable bonds is 5. The van der Waals surface area contributed by atoms with E-state index in [1.54, 1.807) is 44.3 Å². The summed E-state index contributed by atoms with van der Waals surface area (Å²) in [5.74, 6) is 0.438. The molecule has 1 heterocycles. The Morgan fingerprint density at radius 3 is 2.45 bits per heavy atom. The molecule has 2 rings (SSSR count). The second kappa shape index (κ2) is 5.64. The van der Waals surface area contributed by atoms with Crippen LogP contribution in [0.5, 0.6) is 0 Å². The van der Waals surface area contributed by atoms with Crippen molar-refractivity contribution in [2.75, 3.05) is 11.3 Å². The lowest BCUT2D eigenvalue weighted by Gasteiger charge is -2.08. The van der Waals surface area contributed by atoms with Gasteiger partial charge >= 0.3 is 0 Å². The third-order valence-electron chi connectivity index (χ3n) is 2.91. The van der Waals surface area contributed by atoms with Gasteiger partial charge < -0.3 is 5.73 Å². The fourth-order valence-corrected chi connectivity index (χ4v) is 2.98. The van der Waals surface area contributed by atoms with Crippen molar-refractivity contribution in [3.63, 3.8) is 0 Å². The average molecular weight is 294 g/mol. The predicted molar refractivity (Wildman–Crippen MR) is 78.0 cm³/mol. The smallest absolute Gasteiger partial charge is 0.263 e. The van der Waals surface area contributed by atoms with Gasteiger partial charge in [0, 0.05) is 13.1 Å². The quantitative estimate of drug-likeness (QED) is 0.862. The fraction of sp³-hybridized carbons (Fsp3) is 0.308. The minimum Gasteiger partial charge on any atom is -0.330 e. The Kier molecular flexibility index (Phi) is 4.10. The summed E-state index contributed by atoms with van der Waals surface area (Å²) in [4.78, 5) is 0.220. The van der Waals surface area contributed by atoms with Crippen molar-refractivity contribution >= 4 is 15.8 Å². The molecule has 0 aliphatic carbocycles. The van der Waals surface area contributed by atoms with Gasteiger partial charge in [0.1, 0.15) is 5.82 Å². The van der Waals surface area contributed by atoms with Gasteiger partial charge in [0.15, 0.2) is 0 Å². The van der Waals surface area contributed by atoms with Crippen molar-refractivity contribution in [2.24, 2.45) is 12.8 Å². The zero-order chi connectivity index (χ0) is 14.8. The van der Waals surface area contributed by atoms with Crippen LogP contribution in [0.15, 0.2) is 35.2 Å². The maximum Gasteiger partial charge on any atom is 0.263 e. The first-order valence-electron chi connectivity index (χ1n) is 6.25. The number of aromatic nitrogens is 2. The van der Waals surface area contributed by atoms with Gasteiger partial charge in [-0.25, -0.2) is 8.42 Å². The molecule has 20 heavy (non-hydrogen) atoms. The number of anilines is 1. The van der Waals surface area contributed by atoms with Gasteiger partial charge in [-0.2, -0.15) is 5.10 Å². The van der Waals surface area contributed by atoms with Crippen LogP contribution in [0, 0.1) is 6.92 Å². The van der Waals surface area contributed by atoms with Crippen LogP contribution in [-0.4, -0.2) is 24.7 Å². The summed E-state index contributed by atoms with van der Waals surface area (Å²) in [6.07, 6.45) is 0.731. The molecule has 0 unspecified atom stereocenters. The Morgan fingerprint density at radius 2 is 1.95 bits per heavy atom. The van der Waals surface area contributed by atoms with E-state index >= 15 is 0 Å². The number of aryl methyl sites for hydroxylation is 2. The van der Waals surface area contributed by atoms with E-state index in [1.807, 2.05) is 0 Å². The molecule has 0 aliphatic rings. The largest absolute Gasteiger partial charge is 0.330 e. The van der Waals surface area contributed by atoms with Crippen LogP contribution in [-0.2, 0) is 23.5 Å². The SMILES string of the molecule is Cc1cc(NS(=O)(=O)c2ccc(CCN)cc2)n(C)n1. The van der Waals surface area contributed by atoms with E-state index in [9.17, 15) is 8.42 Å². The molecule has 2 aromatic rings. The first kappa shape index (κ1) is 14.5. The molecule has 0 atom stereocenters. The first-order chi connectivity index (χ1) is 9.42.